The van der Waals surface area contributed by atoms with E-state index in [-0.39, 0.29) is 6.61 Å². The lowest BCUT2D eigenvalue weighted by Gasteiger charge is -2.27. The molecule has 1 aliphatic rings. The molecule has 5 heteroatoms. The molecule has 1 aromatic heterocycles. The van der Waals surface area contributed by atoms with Crippen LogP contribution in [0.5, 0.6) is 0 Å². The van der Waals surface area contributed by atoms with Crippen LogP contribution in [0.4, 0.5) is 5.82 Å². The third kappa shape index (κ3) is 2.56. The Kier molecular flexibility index (Phi) is 3.72. The second-order valence-electron chi connectivity index (χ2n) is 3.36. The Bertz CT molecular complexity index is 342. The Labute approximate surface area is 98.5 Å². The monoisotopic (exact) mass is 244 g/mol. The van der Waals surface area contributed by atoms with E-state index < -0.39 is 0 Å². The van der Waals surface area contributed by atoms with Crippen molar-refractivity contribution in [2.24, 2.45) is 0 Å². The van der Waals surface area contributed by atoms with Crippen LogP contribution in [0.25, 0.3) is 0 Å². The Balaban J connectivity index is 2.20. The number of aliphatic hydroxyl groups excluding tert-OH is 1. The zero-order valence-corrected chi connectivity index (χ0v) is 9.89. The molecule has 1 aromatic rings. The van der Waals surface area contributed by atoms with Crippen molar-refractivity contribution >= 4 is 29.2 Å². The van der Waals surface area contributed by atoms with Crippen LogP contribution in [0.3, 0.4) is 0 Å². The maximum atomic E-state index is 9.07. The molecule has 1 saturated heterocycles. The van der Waals surface area contributed by atoms with Gasteiger partial charge < -0.3 is 10.0 Å². The fourth-order valence-corrected chi connectivity index (χ4v) is 2.62. The smallest absolute Gasteiger partial charge is 0.129 e. The van der Waals surface area contributed by atoms with Gasteiger partial charge in [-0.25, -0.2) is 4.98 Å². The quantitative estimate of drug-likeness (QED) is 0.861. The van der Waals surface area contributed by atoms with E-state index in [2.05, 4.69) is 9.88 Å². The van der Waals surface area contributed by atoms with Crippen LogP contribution in [0, 0.1) is 0 Å². The van der Waals surface area contributed by atoms with Gasteiger partial charge in [-0.1, -0.05) is 11.6 Å². The van der Waals surface area contributed by atoms with E-state index in [1.807, 2.05) is 17.8 Å². The number of thioether (sulfide) groups is 1. The number of hydrogen-bond acceptors (Lipinski definition) is 4. The third-order valence-corrected chi connectivity index (χ3v) is 3.68. The molecule has 0 saturated carbocycles. The standard InChI is InChI=1S/C10H13ClN2OS/c11-8-1-2-10(12-9(8)7-14)13-3-5-15-6-4-13/h1-2,14H,3-7H2. The zero-order chi connectivity index (χ0) is 10.7. The molecule has 0 amide bonds. The van der Waals surface area contributed by atoms with Crippen molar-refractivity contribution in [2.75, 3.05) is 29.5 Å². The summed E-state index contributed by atoms with van der Waals surface area (Å²) >= 11 is 7.85. The first-order valence-electron chi connectivity index (χ1n) is 4.90. The van der Waals surface area contributed by atoms with Crippen LogP contribution in [0.2, 0.25) is 5.02 Å². The lowest BCUT2D eigenvalue weighted by molar-refractivity contribution is 0.277. The minimum atomic E-state index is -0.102. The number of halogens is 1. The molecule has 0 bridgehead atoms. The van der Waals surface area contributed by atoms with Crippen molar-refractivity contribution in [3.8, 4) is 0 Å². The minimum Gasteiger partial charge on any atom is -0.390 e. The van der Waals surface area contributed by atoms with Gasteiger partial charge in [0.15, 0.2) is 0 Å². The summed E-state index contributed by atoms with van der Waals surface area (Å²) in [5.74, 6) is 3.20. The maximum Gasteiger partial charge on any atom is 0.129 e. The third-order valence-electron chi connectivity index (χ3n) is 2.39. The van der Waals surface area contributed by atoms with Crippen LogP contribution < -0.4 is 4.90 Å². The van der Waals surface area contributed by atoms with E-state index in [9.17, 15) is 0 Å². The molecule has 0 unspecified atom stereocenters. The van der Waals surface area contributed by atoms with Crippen molar-refractivity contribution in [1.82, 2.24) is 4.98 Å². The van der Waals surface area contributed by atoms with E-state index in [0.717, 1.165) is 30.4 Å². The summed E-state index contributed by atoms with van der Waals surface area (Å²) in [6.45, 7) is 1.93. The van der Waals surface area contributed by atoms with Gasteiger partial charge in [-0.3, -0.25) is 0 Å². The Morgan fingerprint density at radius 1 is 1.40 bits per heavy atom. The molecule has 2 heterocycles. The fraction of sp³-hybridized carbons (Fsp3) is 0.500. The molecular weight excluding hydrogens is 232 g/mol. The highest BCUT2D eigenvalue weighted by molar-refractivity contribution is 7.99. The van der Waals surface area contributed by atoms with Crippen LogP contribution in [0.1, 0.15) is 5.69 Å². The Morgan fingerprint density at radius 3 is 2.80 bits per heavy atom. The number of anilines is 1. The molecule has 0 aromatic carbocycles. The maximum absolute atomic E-state index is 9.07. The number of aromatic nitrogens is 1. The molecule has 0 atom stereocenters. The average molecular weight is 245 g/mol. The Morgan fingerprint density at radius 2 is 2.13 bits per heavy atom. The van der Waals surface area contributed by atoms with Crippen molar-refractivity contribution in [1.29, 1.82) is 0 Å². The van der Waals surface area contributed by atoms with E-state index in [4.69, 9.17) is 16.7 Å². The van der Waals surface area contributed by atoms with Crippen molar-refractivity contribution in [2.45, 2.75) is 6.61 Å². The Hall–Kier alpha value is -0.450. The molecule has 2 rings (SSSR count). The summed E-state index contributed by atoms with van der Waals surface area (Å²) in [6.07, 6.45) is 0. The first-order valence-corrected chi connectivity index (χ1v) is 6.43. The number of rotatable bonds is 2. The molecule has 15 heavy (non-hydrogen) atoms. The molecule has 1 aliphatic heterocycles. The molecular formula is C10H13ClN2OS. The van der Waals surface area contributed by atoms with Gasteiger partial charge in [0.25, 0.3) is 0 Å². The molecule has 82 valence electrons. The average Bonchev–Trinajstić information content (AvgIpc) is 2.31. The van der Waals surface area contributed by atoms with Gasteiger partial charge in [0.05, 0.1) is 17.3 Å². The first-order chi connectivity index (χ1) is 7.31. The summed E-state index contributed by atoms with van der Waals surface area (Å²) in [6, 6.07) is 3.72. The van der Waals surface area contributed by atoms with Crippen LogP contribution >= 0.6 is 23.4 Å². The molecule has 1 N–H and O–H groups in total. The zero-order valence-electron chi connectivity index (χ0n) is 8.32. The van der Waals surface area contributed by atoms with Gasteiger partial charge in [0, 0.05) is 24.6 Å². The molecule has 1 fully saturated rings. The van der Waals surface area contributed by atoms with Gasteiger partial charge >= 0.3 is 0 Å². The summed E-state index contributed by atoms with van der Waals surface area (Å²) in [5.41, 5.74) is 0.562. The predicted octanol–water partition coefficient (Wildman–Crippen LogP) is 1.78. The molecule has 0 radical (unpaired) electrons. The van der Waals surface area contributed by atoms with Crippen molar-refractivity contribution in [3.05, 3.63) is 22.8 Å². The number of pyridine rings is 1. The van der Waals surface area contributed by atoms with Gasteiger partial charge in [-0.15, -0.1) is 0 Å². The highest BCUT2D eigenvalue weighted by Gasteiger charge is 2.13. The summed E-state index contributed by atoms with van der Waals surface area (Å²) in [5, 5.41) is 9.61. The van der Waals surface area contributed by atoms with E-state index in [1.165, 1.54) is 0 Å². The molecule has 3 nitrogen and oxygen atoms in total. The number of nitrogens with zero attached hydrogens (tertiary/aromatic N) is 2. The largest absolute Gasteiger partial charge is 0.390 e. The highest BCUT2D eigenvalue weighted by atomic mass is 35.5. The molecule has 0 aliphatic carbocycles. The summed E-state index contributed by atoms with van der Waals surface area (Å²) in [4.78, 5) is 6.58. The number of hydrogen-bond donors (Lipinski definition) is 1. The minimum absolute atomic E-state index is 0.102. The first kappa shape index (κ1) is 11.0. The van der Waals surface area contributed by atoms with Gasteiger partial charge in [-0.2, -0.15) is 11.8 Å². The lowest BCUT2D eigenvalue weighted by atomic mass is 10.3. The normalized spacial score (nSPS) is 16.8. The number of aliphatic hydroxyl groups is 1. The second kappa shape index (κ2) is 5.05. The fourth-order valence-electron chi connectivity index (χ4n) is 1.55. The molecule has 0 spiro atoms. The predicted molar refractivity (Wildman–Crippen MR) is 64.7 cm³/mol. The topological polar surface area (TPSA) is 36.4 Å². The van der Waals surface area contributed by atoms with E-state index in [0.29, 0.717) is 10.7 Å². The SMILES string of the molecule is OCc1nc(N2CCSCC2)ccc1Cl. The van der Waals surface area contributed by atoms with E-state index >= 15 is 0 Å². The van der Waals surface area contributed by atoms with Crippen molar-refractivity contribution in [3.63, 3.8) is 0 Å². The van der Waals surface area contributed by atoms with E-state index in [1.54, 1.807) is 6.07 Å². The van der Waals surface area contributed by atoms with Gasteiger partial charge in [0.1, 0.15) is 5.82 Å². The lowest BCUT2D eigenvalue weighted by Crippen LogP contribution is -2.33. The summed E-state index contributed by atoms with van der Waals surface area (Å²) in [7, 11) is 0. The summed E-state index contributed by atoms with van der Waals surface area (Å²) < 4.78 is 0. The van der Waals surface area contributed by atoms with Crippen LogP contribution in [0.15, 0.2) is 12.1 Å². The van der Waals surface area contributed by atoms with Gasteiger partial charge in [-0.05, 0) is 12.1 Å². The van der Waals surface area contributed by atoms with Crippen LogP contribution in [-0.2, 0) is 6.61 Å². The van der Waals surface area contributed by atoms with Gasteiger partial charge in [0.2, 0.25) is 0 Å². The highest BCUT2D eigenvalue weighted by Crippen LogP contribution is 2.21. The van der Waals surface area contributed by atoms with Crippen LogP contribution in [-0.4, -0.2) is 34.7 Å². The van der Waals surface area contributed by atoms with Crippen molar-refractivity contribution < 1.29 is 5.11 Å². The second-order valence-corrected chi connectivity index (χ2v) is 4.99.